The minimum absolute atomic E-state index is 0.104. The second-order valence-electron chi connectivity index (χ2n) is 3.08. The summed E-state index contributed by atoms with van der Waals surface area (Å²) in [4.78, 5) is 15.2. The van der Waals surface area contributed by atoms with Crippen LogP contribution in [0.5, 0.6) is 0 Å². The topological polar surface area (TPSA) is 78.4 Å². The van der Waals surface area contributed by atoms with Crippen molar-refractivity contribution < 1.29 is 18.5 Å². The summed E-state index contributed by atoms with van der Waals surface area (Å²) in [6.07, 6.45) is 1.51. The summed E-state index contributed by atoms with van der Waals surface area (Å²) in [6, 6.07) is 1.77. The van der Waals surface area contributed by atoms with Gasteiger partial charge < -0.3 is 13.7 Å². The van der Waals surface area contributed by atoms with E-state index in [0.29, 0.717) is 5.76 Å². The van der Waals surface area contributed by atoms with E-state index < -0.39 is 5.97 Å². The molecule has 0 spiro atoms. The van der Waals surface area contributed by atoms with Crippen molar-refractivity contribution in [2.24, 2.45) is 0 Å². The maximum absolute atomic E-state index is 11.3. The van der Waals surface area contributed by atoms with Crippen molar-refractivity contribution >= 4 is 5.97 Å². The van der Waals surface area contributed by atoms with Crippen molar-refractivity contribution in [2.45, 2.75) is 13.8 Å². The van der Waals surface area contributed by atoms with Crippen molar-refractivity contribution in [3.05, 3.63) is 23.7 Å². The summed E-state index contributed by atoms with van der Waals surface area (Å²) in [5.41, 5.74) is 0.860. The van der Waals surface area contributed by atoms with Gasteiger partial charge in [-0.15, -0.1) is 0 Å². The molecule has 0 atom stereocenters. The molecule has 2 heterocycles. The van der Waals surface area contributed by atoms with Crippen molar-refractivity contribution in [2.75, 3.05) is 6.61 Å². The molecule has 0 aliphatic carbocycles. The third-order valence-corrected chi connectivity index (χ3v) is 1.94. The number of furan rings is 1. The standard InChI is InChI=1S/C10H10N2O4/c1-3-14-10(13)8-11-9(16-12-8)7-6(2)4-5-15-7/h4-5H,3H2,1-2H3. The molecule has 0 aromatic carbocycles. The molecule has 0 unspecified atom stereocenters. The molecule has 0 aliphatic rings. The van der Waals surface area contributed by atoms with Gasteiger partial charge in [0.05, 0.1) is 12.9 Å². The molecule has 0 saturated carbocycles. The van der Waals surface area contributed by atoms with Crippen LogP contribution in [0, 0.1) is 6.92 Å². The van der Waals surface area contributed by atoms with Crippen LogP contribution in [0.3, 0.4) is 0 Å². The number of carbonyl (C=O) groups is 1. The lowest BCUT2D eigenvalue weighted by Crippen LogP contribution is -2.06. The largest absolute Gasteiger partial charge is 0.460 e. The van der Waals surface area contributed by atoms with E-state index in [-0.39, 0.29) is 18.3 Å². The number of hydrogen-bond acceptors (Lipinski definition) is 6. The molecule has 0 aliphatic heterocycles. The number of carbonyl (C=O) groups excluding carboxylic acids is 1. The van der Waals surface area contributed by atoms with Gasteiger partial charge in [0.1, 0.15) is 0 Å². The normalized spacial score (nSPS) is 10.4. The highest BCUT2D eigenvalue weighted by atomic mass is 16.5. The highest BCUT2D eigenvalue weighted by Gasteiger charge is 2.19. The number of nitrogens with zero attached hydrogens (tertiary/aromatic N) is 2. The van der Waals surface area contributed by atoms with Crippen LogP contribution in [0.15, 0.2) is 21.3 Å². The Morgan fingerprint density at radius 3 is 3.00 bits per heavy atom. The maximum Gasteiger partial charge on any atom is 0.379 e. The van der Waals surface area contributed by atoms with E-state index in [2.05, 4.69) is 10.1 Å². The Bertz CT molecular complexity index is 500. The fourth-order valence-electron chi connectivity index (χ4n) is 1.19. The van der Waals surface area contributed by atoms with Crippen LogP contribution in [-0.2, 0) is 4.74 Å². The highest BCUT2D eigenvalue weighted by molar-refractivity contribution is 5.85. The molecule has 0 bridgehead atoms. The number of ether oxygens (including phenoxy) is 1. The van der Waals surface area contributed by atoms with Crippen LogP contribution in [0.4, 0.5) is 0 Å². The molecule has 0 N–H and O–H groups in total. The van der Waals surface area contributed by atoms with E-state index in [9.17, 15) is 4.79 Å². The quantitative estimate of drug-likeness (QED) is 0.737. The third-order valence-electron chi connectivity index (χ3n) is 1.94. The van der Waals surface area contributed by atoms with Gasteiger partial charge in [0.2, 0.25) is 0 Å². The molecule has 0 saturated heterocycles. The zero-order chi connectivity index (χ0) is 11.5. The first kappa shape index (κ1) is 10.4. The SMILES string of the molecule is CCOC(=O)c1noc(-c2occc2C)n1. The van der Waals surface area contributed by atoms with Crippen molar-refractivity contribution in [3.8, 4) is 11.7 Å². The predicted molar refractivity (Wildman–Crippen MR) is 52.7 cm³/mol. The van der Waals surface area contributed by atoms with Crippen molar-refractivity contribution in [1.82, 2.24) is 10.1 Å². The molecule has 0 radical (unpaired) electrons. The van der Waals surface area contributed by atoms with Gasteiger partial charge in [-0.25, -0.2) is 4.79 Å². The van der Waals surface area contributed by atoms with Crippen LogP contribution >= 0.6 is 0 Å². The van der Waals surface area contributed by atoms with Gasteiger partial charge in [-0.3, -0.25) is 0 Å². The number of aromatic nitrogens is 2. The second-order valence-corrected chi connectivity index (χ2v) is 3.08. The van der Waals surface area contributed by atoms with E-state index in [0.717, 1.165) is 5.56 Å². The minimum Gasteiger partial charge on any atom is -0.460 e. The highest BCUT2D eigenvalue weighted by Crippen LogP contribution is 2.22. The van der Waals surface area contributed by atoms with Gasteiger partial charge in [-0.2, -0.15) is 4.98 Å². The molecular formula is C10H10N2O4. The number of rotatable bonds is 3. The van der Waals surface area contributed by atoms with E-state index in [1.165, 1.54) is 6.26 Å². The fourth-order valence-corrected chi connectivity index (χ4v) is 1.19. The number of hydrogen-bond donors (Lipinski definition) is 0. The Balaban J connectivity index is 2.26. The molecule has 0 fully saturated rings. The summed E-state index contributed by atoms with van der Waals surface area (Å²) in [7, 11) is 0. The van der Waals surface area contributed by atoms with Crippen LogP contribution in [0.2, 0.25) is 0 Å². The molecule has 0 amide bonds. The van der Waals surface area contributed by atoms with Gasteiger partial charge in [0, 0.05) is 5.56 Å². The first-order chi connectivity index (χ1) is 7.72. The zero-order valence-electron chi connectivity index (χ0n) is 8.89. The second kappa shape index (κ2) is 4.18. The van der Waals surface area contributed by atoms with Crippen molar-refractivity contribution in [1.29, 1.82) is 0 Å². The third kappa shape index (κ3) is 1.81. The lowest BCUT2D eigenvalue weighted by Gasteiger charge is -1.93. The monoisotopic (exact) mass is 222 g/mol. The summed E-state index contributed by atoms with van der Waals surface area (Å²) in [5.74, 6) is -0.0806. The van der Waals surface area contributed by atoms with Gasteiger partial charge >= 0.3 is 5.97 Å². The van der Waals surface area contributed by atoms with Crippen LogP contribution < -0.4 is 0 Å². The van der Waals surface area contributed by atoms with Crippen LogP contribution in [0.25, 0.3) is 11.7 Å². The Morgan fingerprint density at radius 1 is 1.56 bits per heavy atom. The summed E-state index contributed by atoms with van der Waals surface area (Å²) >= 11 is 0. The predicted octanol–water partition coefficient (Wildman–Crippen LogP) is 1.81. The van der Waals surface area contributed by atoms with Crippen LogP contribution in [-0.4, -0.2) is 22.7 Å². The summed E-state index contributed by atoms with van der Waals surface area (Å²) in [5, 5.41) is 3.51. The van der Waals surface area contributed by atoms with Crippen LogP contribution in [0.1, 0.15) is 23.1 Å². The lowest BCUT2D eigenvalue weighted by atomic mass is 10.3. The first-order valence-electron chi connectivity index (χ1n) is 4.77. The molecular weight excluding hydrogens is 212 g/mol. The first-order valence-corrected chi connectivity index (χ1v) is 4.77. The molecule has 2 rings (SSSR count). The average Bonchev–Trinajstić information content (AvgIpc) is 2.86. The summed E-state index contributed by atoms with van der Waals surface area (Å²) in [6.45, 7) is 3.81. The van der Waals surface area contributed by atoms with E-state index in [4.69, 9.17) is 13.7 Å². The molecule has 2 aromatic rings. The Kier molecular flexibility index (Phi) is 2.72. The molecule has 6 heteroatoms. The average molecular weight is 222 g/mol. The molecule has 16 heavy (non-hydrogen) atoms. The Hall–Kier alpha value is -2.11. The smallest absolute Gasteiger partial charge is 0.379 e. The Labute approximate surface area is 91.2 Å². The molecule has 6 nitrogen and oxygen atoms in total. The number of esters is 1. The minimum atomic E-state index is -0.610. The van der Waals surface area contributed by atoms with Crippen molar-refractivity contribution in [3.63, 3.8) is 0 Å². The van der Waals surface area contributed by atoms with Gasteiger partial charge in [0.25, 0.3) is 11.7 Å². The summed E-state index contributed by atoms with van der Waals surface area (Å²) < 4.78 is 14.8. The van der Waals surface area contributed by atoms with E-state index in [1.807, 2.05) is 6.92 Å². The van der Waals surface area contributed by atoms with E-state index in [1.54, 1.807) is 13.0 Å². The maximum atomic E-state index is 11.3. The molecule has 84 valence electrons. The van der Waals surface area contributed by atoms with Gasteiger partial charge in [-0.05, 0) is 25.1 Å². The van der Waals surface area contributed by atoms with Gasteiger partial charge in [0.15, 0.2) is 5.76 Å². The molecule has 2 aromatic heterocycles. The van der Waals surface area contributed by atoms with E-state index >= 15 is 0 Å². The Morgan fingerprint density at radius 2 is 2.38 bits per heavy atom. The van der Waals surface area contributed by atoms with Gasteiger partial charge in [-0.1, -0.05) is 0 Å². The zero-order valence-corrected chi connectivity index (χ0v) is 8.89. The number of aryl methyl sites for hydroxylation is 1. The lowest BCUT2D eigenvalue weighted by molar-refractivity contribution is 0.0508. The fraction of sp³-hybridized carbons (Fsp3) is 0.300.